The van der Waals surface area contributed by atoms with E-state index < -0.39 is 0 Å². The highest BCUT2D eigenvalue weighted by Gasteiger charge is 2.26. The van der Waals surface area contributed by atoms with Crippen molar-refractivity contribution in [1.82, 2.24) is 35.0 Å². The van der Waals surface area contributed by atoms with Crippen LogP contribution in [0, 0.1) is 5.92 Å². The summed E-state index contributed by atoms with van der Waals surface area (Å²) in [5.41, 5.74) is 1.19. The minimum atomic E-state index is 0.0420. The molecular weight excluding hydrogens is 458 g/mol. The molecule has 0 spiro atoms. The number of anilines is 3. The zero-order chi connectivity index (χ0) is 24.3. The third kappa shape index (κ3) is 5.73. The van der Waals surface area contributed by atoms with Crippen LogP contribution in [0.15, 0.2) is 30.9 Å². The average molecular weight is 492 g/mol. The lowest BCUT2D eigenvalue weighted by molar-refractivity contribution is -0.117. The average Bonchev–Trinajstić information content (AvgIpc) is 3.44. The van der Waals surface area contributed by atoms with Crippen LogP contribution in [0.4, 0.5) is 17.5 Å². The van der Waals surface area contributed by atoms with Gasteiger partial charge < -0.3 is 25.3 Å². The third-order valence-electron chi connectivity index (χ3n) is 7.36. The molecule has 36 heavy (non-hydrogen) atoms. The topological polar surface area (TPSA) is 135 Å². The maximum Gasteiger partial charge on any atom is 0.225 e. The molecule has 3 aromatic heterocycles. The van der Waals surface area contributed by atoms with Crippen LogP contribution in [-0.2, 0) is 16.1 Å². The molecule has 190 valence electrons. The van der Waals surface area contributed by atoms with Crippen LogP contribution in [-0.4, -0.2) is 54.9 Å². The molecule has 11 nitrogen and oxygen atoms in total. The molecule has 0 radical (unpaired) electrons. The van der Waals surface area contributed by atoms with E-state index in [2.05, 4.69) is 47.2 Å². The number of amides is 1. The van der Waals surface area contributed by atoms with Crippen molar-refractivity contribution in [2.24, 2.45) is 5.92 Å². The van der Waals surface area contributed by atoms with Gasteiger partial charge in [-0.2, -0.15) is 5.10 Å². The molecule has 6 rings (SSSR count). The van der Waals surface area contributed by atoms with Gasteiger partial charge in [-0.15, -0.1) is 0 Å². The summed E-state index contributed by atoms with van der Waals surface area (Å²) in [6.07, 6.45) is 12.6. The van der Waals surface area contributed by atoms with Gasteiger partial charge in [-0.05, 0) is 50.5 Å². The molecule has 0 atom stereocenters. The number of carbonyl (C=O) groups excluding carboxylic acids is 1. The normalized spacial score (nSPS) is 22.2. The first-order chi connectivity index (χ1) is 17.7. The molecule has 2 saturated carbocycles. The van der Waals surface area contributed by atoms with E-state index in [1.165, 1.54) is 18.5 Å². The lowest BCUT2D eigenvalue weighted by Gasteiger charge is -2.28. The molecule has 4 heterocycles. The molecular formula is C25H33N9O2. The summed E-state index contributed by atoms with van der Waals surface area (Å²) < 4.78 is 7.22. The van der Waals surface area contributed by atoms with Crippen LogP contribution in [0.1, 0.15) is 68.4 Å². The van der Waals surface area contributed by atoms with Crippen LogP contribution in [0.5, 0.6) is 0 Å². The smallest absolute Gasteiger partial charge is 0.225 e. The number of nitrogens with zero attached hydrogens (tertiary/aromatic N) is 5. The van der Waals surface area contributed by atoms with Crippen LogP contribution >= 0.6 is 0 Å². The van der Waals surface area contributed by atoms with Crippen molar-refractivity contribution in [2.45, 2.75) is 69.5 Å². The zero-order valence-electron chi connectivity index (χ0n) is 20.3. The molecule has 1 saturated heterocycles. The van der Waals surface area contributed by atoms with Gasteiger partial charge in [-0.3, -0.25) is 9.89 Å². The predicted octanol–water partition coefficient (Wildman–Crippen LogP) is 3.27. The molecule has 0 unspecified atom stereocenters. The quantitative estimate of drug-likeness (QED) is 0.339. The van der Waals surface area contributed by atoms with Gasteiger partial charge in [-0.25, -0.2) is 15.0 Å². The number of aromatic nitrogens is 6. The van der Waals surface area contributed by atoms with E-state index >= 15 is 0 Å². The summed E-state index contributed by atoms with van der Waals surface area (Å²) in [5, 5.41) is 17.3. The molecule has 1 aliphatic heterocycles. The second-order valence-electron chi connectivity index (χ2n) is 10.2. The zero-order valence-corrected chi connectivity index (χ0v) is 20.3. The first-order valence-electron chi connectivity index (χ1n) is 13.0. The summed E-state index contributed by atoms with van der Waals surface area (Å²) in [5.74, 6) is 4.00. The molecule has 4 N–H and O–H groups in total. The summed E-state index contributed by atoms with van der Waals surface area (Å²) in [6, 6.07) is 4.68. The molecule has 1 amide bonds. The first-order valence-corrected chi connectivity index (χ1v) is 13.0. The highest BCUT2D eigenvalue weighted by molar-refractivity contribution is 5.89. The van der Waals surface area contributed by atoms with Crippen molar-refractivity contribution in [3.63, 3.8) is 0 Å². The van der Waals surface area contributed by atoms with E-state index in [9.17, 15) is 4.79 Å². The van der Waals surface area contributed by atoms with Crippen LogP contribution in [0.3, 0.4) is 0 Å². The monoisotopic (exact) mass is 491 g/mol. The molecule has 3 aliphatic rings. The summed E-state index contributed by atoms with van der Waals surface area (Å²) in [4.78, 5) is 25.9. The Morgan fingerprint density at radius 3 is 2.72 bits per heavy atom. The van der Waals surface area contributed by atoms with Gasteiger partial charge in [0.25, 0.3) is 0 Å². The Morgan fingerprint density at radius 1 is 1.08 bits per heavy atom. The highest BCUT2D eigenvalue weighted by atomic mass is 16.5. The maximum absolute atomic E-state index is 12.5. The Hall–Kier alpha value is -3.31. The van der Waals surface area contributed by atoms with E-state index in [1.807, 2.05) is 16.8 Å². The van der Waals surface area contributed by atoms with Gasteiger partial charge in [0, 0.05) is 42.5 Å². The van der Waals surface area contributed by atoms with Gasteiger partial charge in [0.05, 0.1) is 32.1 Å². The van der Waals surface area contributed by atoms with Crippen molar-refractivity contribution < 1.29 is 9.53 Å². The fourth-order valence-corrected chi connectivity index (χ4v) is 4.95. The standard InChI is InChI=1S/C25H33N9O2/c35-25(31-24-12-34(15-28-24)19-13-36-14-19)9-16-1-5-18(6-2-16)27-11-23-26-8-7-21(30-23)29-22-10-20(32-33-22)17-3-4-17/h7-8,10,12,15-19,27H,1-6,9,11,13-14H2,(H,31,35)(H2,26,29,30,32,33). The number of nitrogens with one attached hydrogen (secondary N) is 4. The molecule has 11 heteroatoms. The molecule has 3 fully saturated rings. The van der Waals surface area contributed by atoms with Gasteiger partial charge in [0.2, 0.25) is 5.91 Å². The molecule has 3 aromatic rings. The first kappa shape index (κ1) is 23.1. The van der Waals surface area contributed by atoms with Crippen molar-refractivity contribution in [3.8, 4) is 0 Å². The van der Waals surface area contributed by atoms with E-state index in [1.54, 1.807) is 12.5 Å². The van der Waals surface area contributed by atoms with Crippen molar-refractivity contribution in [2.75, 3.05) is 23.8 Å². The lowest BCUT2D eigenvalue weighted by atomic mass is 9.84. The summed E-state index contributed by atoms with van der Waals surface area (Å²) in [7, 11) is 0. The van der Waals surface area contributed by atoms with Crippen LogP contribution in [0.2, 0.25) is 0 Å². The Morgan fingerprint density at radius 2 is 1.94 bits per heavy atom. The number of ether oxygens (including phenoxy) is 1. The predicted molar refractivity (Wildman–Crippen MR) is 134 cm³/mol. The number of imidazole rings is 1. The van der Waals surface area contributed by atoms with Crippen molar-refractivity contribution in [1.29, 1.82) is 0 Å². The number of rotatable bonds is 10. The largest absolute Gasteiger partial charge is 0.377 e. The third-order valence-corrected chi connectivity index (χ3v) is 7.36. The number of carbonyl (C=O) groups is 1. The Balaban J connectivity index is 0.917. The van der Waals surface area contributed by atoms with Crippen LogP contribution in [0.25, 0.3) is 0 Å². The highest BCUT2D eigenvalue weighted by Crippen LogP contribution is 2.39. The number of hydrogen-bond acceptors (Lipinski definition) is 8. The second-order valence-corrected chi connectivity index (χ2v) is 10.2. The SMILES string of the molecule is O=C(CC1CCC(NCc2nccc(Nc3cc(C4CC4)[nH]n3)n2)CC1)Nc1cn(C2COC2)cn1. The van der Waals surface area contributed by atoms with Crippen molar-refractivity contribution >= 4 is 23.4 Å². The van der Waals surface area contributed by atoms with Crippen molar-refractivity contribution in [3.05, 3.63) is 42.4 Å². The molecule has 2 aliphatic carbocycles. The van der Waals surface area contributed by atoms with E-state index in [4.69, 9.17) is 4.74 Å². The number of hydrogen-bond donors (Lipinski definition) is 4. The second kappa shape index (κ2) is 10.4. The fraction of sp³-hybridized carbons (Fsp3) is 0.560. The Labute approximate surface area is 209 Å². The minimum Gasteiger partial charge on any atom is -0.377 e. The summed E-state index contributed by atoms with van der Waals surface area (Å²) in [6.45, 7) is 2.04. The Bertz CT molecular complexity index is 1180. The number of aromatic amines is 1. The summed E-state index contributed by atoms with van der Waals surface area (Å²) >= 11 is 0. The van der Waals surface area contributed by atoms with Gasteiger partial charge in [-0.1, -0.05) is 0 Å². The maximum atomic E-state index is 12.5. The van der Waals surface area contributed by atoms with E-state index in [0.29, 0.717) is 55.9 Å². The Kier molecular flexibility index (Phi) is 6.65. The lowest BCUT2D eigenvalue weighted by Crippen LogP contribution is -2.34. The van der Waals surface area contributed by atoms with E-state index in [-0.39, 0.29) is 5.91 Å². The van der Waals surface area contributed by atoms with Crippen LogP contribution < -0.4 is 16.0 Å². The fourth-order valence-electron chi connectivity index (χ4n) is 4.95. The van der Waals surface area contributed by atoms with Gasteiger partial charge in [0.1, 0.15) is 11.6 Å². The van der Waals surface area contributed by atoms with Gasteiger partial charge >= 0.3 is 0 Å². The molecule has 0 bridgehead atoms. The molecule has 0 aromatic carbocycles. The number of H-pyrrole nitrogens is 1. The minimum absolute atomic E-state index is 0.0420. The van der Waals surface area contributed by atoms with E-state index in [0.717, 1.165) is 43.1 Å². The van der Waals surface area contributed by atoms with Gasteiger partial charge in [0.15, 0.2) is 11.6 Å².